The van der Waals surface area contributed by atoms with Crippen LogP contribution in [0.5, 0.6) is 5.75 Å². The summed E-state index contributed by atoms with van der Waals surface area (Å²) in [7, 11) is 0. The third kappa shape index (κ3) is 3.45. The Morgan fingerprint density at radius 3 is 2.71 bits per heavy atom. The molecule has 5 heteroatoms. The molecule has 21 heavy (non-hydrogen) atoms. The monoisotopic (exact) mass is 306 g/mol. The first kappa shape index (κ1) is 15.6. The average molecular weight is 307 g/mol. The Morgan fingerprint density at radius 2 is 2.05 bits per heavy atom. The number of aromatic nitrogens is 2. The van der Waals surface area contributed by atoms with Crippen LogP contribution in [-0.2, 0) is 12.4 Å². The number of rotatable bonds is 6. The van der Waals surface area contributed by atoms with Crippen molar-refractivity contribution in [3.63, 3.8) is 0 Å². The zero-order valence-electron chi connectivity index (χ0n) is 12.3. The second-order valence-corrected chi connectivity index (χ2v) is 4.91. The van der Waals surface area contributed by atoms with Crippen LogP contribution in [0.15, 0.2) is 35.1 Å². The van der Waals surface area contributed by atoms with Crippen molar-refractivity contribution in [2.45, 2.75) is 32.7 Å². The molecule has 0 spiro atoms. The number of hydrogen-bond donors (Lipinski definition) is 0. The maximum Gasteiger partial charge on any atom is 0.271 e. The molecule has 0 bridgehead atoms. The fraction of sp³-hybridized carbons (Fsp3) is 0.375. The zero-order chi connectivity index (χ0) is 15.2. The summed E-state index contributed by atoms with van der Waals surface area (Å²) >= 11 is 5.89. The van der Waals surface area contributed by atoms with Gasteiger partial charge in [-0.2, -0.15) is 5.10 Å². The average Bonchev–Trinajstić information content (AvgIpc) is 2.50. The predicted octanol–water partition coefficient (Wildman–Crippen LogP) is 3.46. The lowest BCUT2D eigenvalue weighted by Gasteiger charge is -2.12. The summed E-state index contributed by atoms with van der Waals surface area (Å²) in [6, 6.07) is 9.43. The molecule has 4 nitrogen and oxygen atoms in total. The minimum Gasteiger partial charge on any atom is -0.493 e. The molecule has 0 amide bonds. The number of benzene rings is 1. The molecule has 0 aliphatic heterocycles. The molecule has 0 N–H and O–H groups in total. The molecule has 1 aromatic carbocycles. The highest BCUT2D eigenvalue weighted by atomic mass is 35.5. The first-order chi connectivity index (χ1) is 10.2. The summed E-state index contributed by atoms with van der Waals surface area (Å²) in [5, 5.41) is 4.45. The van der Waals surface area contributed by atoms with E-state index in [1.165, 1.54) is 4.68 Å². The molecule has 0 atom stereocenters. The van der Waals surface area contributed by atoms with Gasteiger partial charge < -0.3 is 4.74 Å². The molecule has 1 heterocycles. The van der Waals surface area contributed by atoms with Crippen molar-refractivity contribution in [1.29, 1.82) is 0 Å². The van der Waals surface area contributed by atoms with E-state index >= 15 is 0 Å². The number of aryl methyl sites for hydroxylation is 1. The molecule has 1 aromatic heterocycles. The molecule has 0 saturated carbocycles. The smallest absolute Gasteiger partial charge is 0.271 e. The molecule has 0 aliphatic rings. The van der Waals surface area contributed by atoms with E-state index in [2.05, 4.69) is 5.10 Å². The third-order valence-corrected chi connectivity index (χ3v) is 3.38. The molecule has 2 rings (SSSR count). The Labute approximate surface area is 129 Å². The van der Waals surface area contributed by atoms with Gasteiger partial charge in [0, 0.05) is 17.7 Å². The topological polar surface area (TPSA) is 44.1 Å². The Hall–Kier alpha value is -1.81. The van der Waals surface area contributed by atoms with E-state index in [0.717, 1.165) is 17.7 Å². The Morgan fingerprint density at radius 1 is 1.29 bits per heavy atom. The Kier molecular flexibility index (Phi) is 5.39. The number of alkyl halides is 1. The number of ether oxygens (including phenoxy) is 1. The van der Waals surface area contributed by atoms with E-state index in [1.54, 1.807) is 6.07 Å². The minimum atomic E-state index is -0.121. The van der Waals surface area contributed by atoms with Crippen LogP contribution in [0.25, 0.3) is 11.3 Å². The van der Waals surface area contributed by atoms with Crippen LogP contribution in [0, 0.1) is 0 Å². The van der Waals surface area contributed by atoms with Gasteiger partial charge in [0.15, 0.2) is 0 Å². The van der Waals surface area contributed by atoms with E-state index in [0.29, 0.717) is 24.4 Å². The first-order valence-electron chi connectivity index (χ1n) is 7.10. The van der Waals surface area contributed by atoms with Gasteiger partial charge in [-0.3, -0.25) is 4.79 Å². The summed E-state index contributed by atoms with van der Waals surface area (Å²) in [6.45, 7) is 5.10. The third-order valence-electron chi connectivity index (χ3n) is 3.09. The fourth-order valence-corrected chi connectivity index (χ4v) is 2.34. The van der Waals surface area contributed by atoms with Crippen molar-refractivity contribution in [2.24, 2.45) is 0 Å². The molecule has 0 saturated heterocycles. The van der Waals surface area contributed by atoms with E-state index in [9.17, 15) is 4.79 Å². The quantitative estimate of drug-likeness (QED) is 0.768. The Balaban J connectivity index is 2.58. The molecule has 0 unspecified atom stereocenters. The van der Waals surface area contributed by atoms with E-state index in [-0.39, 0.29) is 11.4 Å². The lowest BCUT2D eigenvalue weighted by atomic mass is 10.1. The minimum absolute atomic E-state index is 0.121. The second kappa shape index (κ2) is 7.27. The fourth-order valence-electron chi connectivity index (χ4n) is 2.15. The van der Waals surface area contributed by atoms with Crippen LogP contribution in [-0.4, -0.2) is 16.4 Å². The molecule has 112 valence electrons. The van der Waals surface area contributed by atoms with E-state index in [1.807, 2.05) is 38.1 Å². The molecular formula is C16H19ClN2O2. The summed E-state index contributed by atoms with van der Waals surface area (Å²) in [5.41, 5.74) is 2.02. The van der Waals surface area contributed by atoms with Crippen molar-refractivity contribution in [3.05, 3.63) is 46.2 Å². The highest BCUT2D eigenvalue weighted by molar-refractivity contribution is 6.17. The Bertz CT molecular complexity index is 668. The lowest BCUT2D eigenvalue weighted by Crippen LogP contribution is -2.26. The highest BCUT2D eigenvalue weighted by Gasteiger charge is 2.12. The van der Waals surface area contributed by atoms with Crippen LogP contribution < -0.4 is 10.3 Å². The molecule has 2 aromatic rings. The van der Waals surface area contributed by atoms with Crippen LogP contribution >= 0.6 is 11.6 Å². The largest absolute Gasteiger partial charge is 0.493 e. The standard InChI is InChI=1S/C16H19ClN2O2/c1-3-9-19-16(20)12(11-17)10-14(18-19)13-7-5-6-8-15(13)21-4-2/h5-8,10H,3-4,9,11H2,1-2H3. The number of hydrogen-bond acceptors (Lipinski definition) is 3. The van der Waals surface area contributed by atoms with Gasteiger partial charge in [0.25, 0.3) is 5.56 Å². The van der Waals surface area contributed by atoms with E-state index < -0.39 is 0 Å². The van der Waals surface area contributed by atoms with Gasteiger partial charge >= 0.3 is 0 Å². The maximum absolute atomic E-state index is 12.2. The highest BCUT2D eigenvalue weighted by Crippen LogP contribution is 2.28. The van der Waals surface area contributed by atoms with Crippen molar-refractivity contribution in [1.82, 2.24) is 9.78 Å². The molecule has 0 radical (unpaired) electrons. The van der Waals surface area contributed by atoms with Gasteiger partial charge in [-0.05, 0) is 31.5 Å². The maximum atomic E-state index is 12.2. The second-order valence-electron chi connectivity index (χ2n) is 4.65. The SMILES string of the molecule is CCCn1nc(-c2ccccc2OCC)cc(CCl)c1=O. The van der Waals surface area contributed by atoms with Crippen molar-refractivity contribution in [3.8, 4) is 17.0 Å². The zero-order valence-corrected chi connectivity index (χ0v) is 13.1. The first-order valence-corrected chi connectivity index (χ1v) is 7.63. The molecular weight excluding hydrogens is 288 g/mol. The number of halogens is 1. The summed E-state index contributed by atoms with van der Waals surface area (Å²) in [5.74, 6) is 0.934. The normalized spacial score (nSPS) is 10.6. The van der Waals surface area contributed by atoms with Gasteiger partial charge in [0.2, 0.25) is 0 Å². The van der Waals surface area contributed by atoms with Crippen LogP contribution in [0.1, 0.15) is 25.8 Å². The summed E-state index contributed by atoms with van der Waals surface area (Å²) in [6.07, 6.45) is 0.838. The lowest BCUT2D eigenvalue weighted by molar-refractivity contribution is 0.341. The van der Waals surface area contributed by atoms with Gasteiger partial charge in [0.1, 0.15) is 5.75 Å². The van der Waals surface area contributed by atoms with Crippen molar-refractivity contribution < 1.29 is 4.74 Å². The predicted molar refractivity (Wildman–Crippen MR) is 85.0 cm³/mol. The van der Waals surface area contributed by atoms with Gasteiger partial charge in [-0.15, -0.1) is 11.6 Å². The van der Waals surface area contributed by atoms with E-state index in [4.69, 9.17) is 16.3 Å². The van der Waals surface area contributed by atoms with Crippen molar-refractivity contribution >= 4 is 11.6 Å². The molecule has 0 fully saturated rings. The molecule has 0 aliphatic carbocycles. The number of para-hydroxylation sites is 1. The number of nitrogens with zero attached hydrogens (tertiary/aromatic N) is 2. The van der Waals surface area contributed by atoms with Gasteiger partial charge in [-0.1, -0.05) is 19.1 Å². The van der Waals surface area contributed by atoms with Gasteiger partial charge in [-0.25, -0.2) is 4.68 Å². The summed E-state index contributed by atoms with van der Waals surface area (Å²) < 4.78 is 7.12. The van der Waals surface area contributed by atoms with Crippen LogP contribution in [0.2, 0.25) is 0 Å². The summed E-state index contributed by atoms with van der Waals surface area (Å²) in [4.78, 5) is 12.2. The van der Waals surface area contributed by atoms with Crippen molar-refractivity contribution in [2.75, 3.05) is 6.61 Å². The van der Waals surface area contributed by atoms with Crippen LogP contribution in [0.3, 0.4) is 0 Å². The van der Waals surface area contributed by atoms with Crippen LogP contribution in [0.4, 0.5) is 0 Å². The van der Waals surface area contributed by atoms with Gasteiger partial charge in [0.05, 0.1) is 18.2 Å².